The fourth-order valence-electron chi connectivity index (χ4n) is 3.97. The topological polar surface area (TPSA) is 141 Å². The van der Waals surface area contributed by atoms with Crippen LogP contribution in [0.1, 0.15) is 40.2 Å². The predicted octanol–water partition coefficient (Wildman–Crippen LogP) is 2.73. The molecule has 0 aliphatic heterocycles. The van der Waals surface area contributed by atoms with Gasteiger partial charge < -0.3 is 20.5 Å². The van der Waals surface area contributed by atoms with Crippen molar-refractivity contribution in [2.75, 3.05) is 13.7 Å². The zero-order valence-electron chi connectivity index (χ0n) is 21.0. The van der Waals surface area contributed by atoms with Crippen molar-refractivity contribution in [3.63, 3.8) is 0 Å². The van der Waals surface area contributed by atoms with Crippen molar-refractivity contribution in [3.05, 3.63) is 52.8 Å². The van der Waals surface area contributed by atoms with Crippen molar-refractivity contribution >= 4 is 45.6 Å². The summed E-state index contributed by atoms with van der Waals surface area (Å²) < 4.78 is 36.2. The quantitative estimate of drug-likeness (QED) is 0.112. The van der Waals surface area contributed by atoms with Crippen molar-refractivity contribution in [2.24, 2.45) is 17.2 Å². The number of para-hydroxylation sites is 2. The number of nitrogens with two attached hydrogens (primary N) is 1. The number of fused-ring (bicyclic) bond motifs is 1. The van der Waals surface area contributed by atoms with E-state index in [0.717, 1.165) is 22.9 Å². The summed E-state index contributed by atoms with van der Waals surface area (Å²) in [6.45, 7) is 5.70. The number of methoxy groups -OCH3 is 1. The Bertz CT molecular complexity index is 1370. The summed E-state index contributed by atoms with van der Waals surface area (Å²) in [5.41, 5.74) is 15.2. The monoisotopic (exact) mass is 536 g/mol. The maximum absolute atomic E-state index is 12.7. The molecular weight excluding hydrogens is 504 g/mol. The number of nitrogens with zero attached hydrogens (tertiary/aromatic N) is 3. The molecule has 0 saturated heterocycles. The van der Waals surface area contributed by atoms with E-state index in [1.807, 2.05) is 31.2 Å². The third kappa shape index (κ3) is 6.22. The lowest BCUT2D eigenvalue weighted by atomic mass is 10.1. The number of rotatable bonds is 11. The minimum Gasteiger partial charge on any atom is -0.496 e. The van der Waals surface area contributed by atoms with E-state index in [9.17, 15) is 13.2 Å². The lowest BCUT2D eigenvalue weighted by Gasteiger charge is -2.14. The zero-order valence-corrected chi connectivity index (χ0v) is 22.7. The largest absolute Gasteiger partial charge is 0.496 e. The van der Waals surface area contributed by atoms with Crippen LogP contribution in [0.2, 0.25) is 0 Å². The molecule has 1 heterocycles. The van der Waals surface area contributed by atoms with Crippen LogP contribution in [0.5, 0.6) is 5.75 Å². The summed E-state index contributed by atoms with van der Waals surface area (Å²) in [5.74, 6) is 0.752. The van der Waals surface area contributed by atoms with Gasteiger partial charge in [-0.3, -0.25) is 4.79 Å². The van der Waals surface area contributed by atoms with Gasteiger partial charge in [0.1, 0.15) is 12.1 Å². The standard InChI is InChI=1S/C24H32N6O4S.ClH/c1-15-13-21(34-5)16(2)17(3)23(15)35(32,33)28-14-27-26-12-8-9-18(25)22(31)24-29-19-10-6-7-11-20(19)30(24)4;/h6-7,10-11,13-14,18,26H,8-9,12,25H2,1-5H3,(H,27,28);1H. The normalized spacial score (nSPS) is 12.5. The number of benzene rings is 2. The first kappa shape index (κ1) is 29.2. The smallest absolute Gasteiger partial charge is 0.284 e. The number of ketones is 1. The Morgan fingerprint density at radius 3 is 2.61 bits per heavy atom. The number of hydrazine groups is 1. The Morgan fingerprint density at radius 1 is 1.25 bits per heavy atom. The molecule has 1 atom stereocenters. The molecule has 1 unspecified atom stereocenters. The van der Waals surface area contributed by atoms with Gasteiger partial charge in [-0.1, -0.05) is 12.1 Å². The van der Waals surface area contributed by atoms with Crippen LogP contribution < -0.4 is 21.3 Å². The fraction of sp³-hybridized carbons (Fsp3) is 0.375. The third-order valence-corrected chi connectivity index (χ3v) is 7.50. The summed E-state index contributed by atoms with van der Waals surface area (Å²) >= 11 is 0. The van der Waals surface area contributed by atoms with Gasteiger partial charge in [-0.05, 0) is 68.5 Å². The minimum absolute atomic E-state index is 0. The van der Waals surface area contributed by atoms with Crippen LogP contribution >= 0.6 is 12.4 Å². The number of ether oxygens (including phenoxy) is 1. The number of aromatic nitrogens is 2. The van der Waals surface area contributed by atoms with Gasteiger partial charge in [-0.2, -0.15) is 8.42 Å². The maximum atomic E-state index is 12.7. The molecule has 0 aliphatic carbocycles. The van der Waals surface area contributed by atoms with Crippen LogP contribution in [-0.4, -0.2) is 49.8 Å². The van der Waals surface area contributed by atoms with E-state index < -0.39 is 16.1 Å². The van der Waals surface area contributed by atoms with Crippen LogP contribution in [0.15, 0.2) is 39.6 Å². The molecule has 36 heavy (non-hydrogen) atoms. The number of aryl methyl sites for hydroxylation is 2. The average Bonchev–Trinajstić information content (AvgIpc) is 3.16. The Balaban J connectivity index is 0.00000456. The molecule has 3 aromatic rings. The van der Waals surface area contributed by atoms with Crippen LogP contribution in [0, 0.1) is 20.8 Å². The molecule has 4 N–H and O–H groups in total. The summed E-state index contributed by atoms with van der Waals surface area (Å²) in [6.07, 6.45) is 2.12. The first-order chi connectivity index (χ1) is 16.6. The van der Waals surface area contributed by atoms with E-state index in [1.165, 1.54) is 0 Å². The Kier molecular flexibility index (Phi) is 10.00. The predicted molar refractivity (Wildman–Crippen MR) is 144 cm³/mol. The highest BCUT2D eigenvalue weighted by atomic mass is 35.5. The number of hydrogen-bond donors (Lipinski definition) is 3. The van der Waals surface area contributed by atoms with E-state index in [1.54, 1.807) is 38.6 Å². The van der Waals surface area contributed by atoms with E-state index in [4.69, 9.17) is 10.5 Å². The highest BCUT2D eigenvalue weighted by Crippen LogP contribution is 2.31. The van der Waals surface area contributed by atoms with Gasteiger partial charge >= 0.3 is 0 Å². The molecule has 0 spiro atoms. The highest BCUT2D eigenvalue weighted by molar-refractivity contribution is 7.90. The summed E-state index contributed by atoms with van der Waals surface area (Å²) in [5, 5.41) is 0. The maximum Gasteiger partial charge on any atom is 0.284 e. The number of imidazole rings is 1. The molecule has 0 radical (unpaired) electrons. The number of hydrogen-bond acceptors (Lipinski definition) is 7. The lowest BCUT2D eigenvalue weighted by Crippen LogP contribution is -2.35. The van der Waals surface area contributed by atoms with Gasteiger partial charge in [0.15, 0.2) is 5.82 Å². The Hall–Kier alpha value is -2.99. The molecule has 1 aromatic heterocycles. The van der Waals surface area contributed by atoms with Crippen molar-refractivity contribution in [3.8, 4) is 5.75 Å². The van der Waals surface area contributed by atoms with Crippen LogP contribution in [-0.2, 0) is 17.1 Å². The van der Waals surface area contributed by atoms with Crippen LogP contribution in [0.4, 0.5) is 0 Å². The van der Waals surface area contributed by atoms with Crippen LogP contribution in [0.3, 0.4) is 0 Å². The second-order valence-electron chi connectivity index (χ2n) is 8.35. The average molecular weight is 537 g/mol. The van der Waals surface area contributed by atoms with E-state index in [2.05, 4.69) is 20.2 Å². The number of carbonyl (C=O) groups excluding carboxylic acids is 1. The van der Waals surface area contributed by atoms with Crippen molar-refractivity contribution in [1.82, 2.24) is 20.4 Å². The van der Waals surface area contributed by atoms with Gasteiger partial charge in [0.25, 0.3) is 10.0 Å². The van der Waals surface area contributed by atoms with Crippen LogP contribution in [0.25, 0.3) is 11.0 Å². The number of nitrogens with one attached hydrogen (secondary N) is 2. The molecule has 2 aromatic carbocycles. The molecule has 0 fully saturated rings. The van der Waals surface area contributed by atoms with Crippen molar-refractivity contribution in [2.45, 2.75) is 44.6 Å². The summed E-state index contributed by atoms with van der Waals surface area (Å²) in [7, 11) is -0.551. The first-order valence-corrected chi connectivity index (χ1v) is 12.7. The third-order valence-electron chi connectivity index (χ3n) is 5.98. The minimum atomic E-state index is -3.89. The molecule has 0 amide bonds. The molecule has 12 heteroatoms. The van der Waals surface area contributed by atoms with Crippen molar-refractivity contribution in [1.29, 1.82) is 0 Å². The van der Waals surface area contributed by atoms with E-state index >= 15 is 0 Å². The first-order valence-electron chi connectivity index (χ1n) is 11.2. The van der Waals surface area contributed by atoms with Gasteiger partial charge in [-0.15, -0.1) is 16.8 Å². The Morgan fingerprint density at radius 2 is 1.94 bits per heavy atom. The number of carbonyl (C=O) groups is 1. The van der Waals surface area contributed by atoms with Gasteiger partial charge in [0, 0.05) is 13.6 Å². The number of sulfonamides is 1. The van der Waals surface area contributed by atoms with Gasteiger partial charge in [0.2, 0.25) is 5.78 Å². The fourth-order valence-corrected chi connectivity index (χ4v) is 5.27. The molecule has 3 rings (SSSR count). The highest BCUT2D eigenvalue weighted by Gasteiger charge is 2.22. The van der Waals surface area contributed by atoms with E-state index in [-0.39, 0.29) is 23.1 Å². The molecular formula is C24H33ClN6O4S. The SMILES string of the molecule is COc1cc(C)c(S(=O)(=O)N=CNNCCCC(N)C(=O)c2nc3ccccc3n2C)c(C)c1C.Cl. The molecule has 0 saturated carbocycles. The van der Waals surface area contributed by atoms with Gasteiger partial charge in [-0.25, -0.2) is 10.4 Å². The molecule has 10 nitrogen and oxygen atoms in total. The Labute approximate surface area is 217 Å². The van der Waals surface area contributed by atoms with E-state index in [0.29, 0.717) is 42.1 Å². The number of halogens is 1. The number of Topliss-reactive ketones (excluding diaryl/α,β-unsaturated/α-hetero) is 1. The molecule has 0 bridgehead atoms. The summed E-state index contributed by atoms with van der Waals surface area (Å²) in [6, 6.07) is 8.52. The summed E-state index contributed by atoms with van der Waals surface area (Å²) in [4.78, 5) is 17.3. The second-order valence-corrected chi connectivity index (χ2v) is 9.92. The second kappa shape index (κ2) is 12.3. The lowest BCUT2D eigenvalue weighted by molar-refractivity contribution is 0.0943. The van der Waals surface area contributed by atoms with Gasteiger partial charge in [0.05, 0.1) is 29.1 Å². The molecule has 0 aliphatic rings. The van der Waals surface area contributed by atoms with Crippen molar-refractivity contribution < 1.29 is 17.9 Å². The zero-order chi connectivity index (χ0) is 25.8. The molecule has 196 valence electrons.